The molecular formula is C19H18F4N2O. The Labute approximate surface area is 148 Å². The van der Waals surface area contributed by atoms with Crippen molar-refractivity contribution in [3.05, 3.63) is 65.5 Å². The molecule has 0 saturated carbocycles. The van der Waals surface area contributed by atoms with Crippen LogP contribution in [0, 0.1) is 5.82 Å². The number of anilines is 1. The van der Waals surface area contributed by atoms with Crippen LogP contribution in [-0.4, -0.2) is 17.5 Å². The lowest BCUT2D eigenvalue weighted by Gasteiger charge is -2.36. The summed E-state index contributed by atoms with van der Waals surface area (Å²) >= 11 is 0. The monoisotopic (exact) mass is 366 g/mol. The normalized spacial score (nSPS) is 17.8. The number of alkyl halides is 3. The van der Waals surface area contributed by atoms with E-state index in [-0.39, 0.29) is 0 Å². The summed E-state index contributed by atoms with van der Waals surface area (Å²) in [6.45, 7) is 0.452. The molecule has 0 bridgehead atoms. The van der Waals surface area contributed by atoms with Crippen LogP contribution in [0.4, 0.5) is 28.0 Å². The van der Waals surface area contributed by atoms with Crippen LogP contribution < -0.4 is 5.32 Å². The molecule has 1 atom stereocenters. The van der Waals surface area contributed by atoms with E-state index < -0.39 is 29.6 Å². The minimum atomic E-state index is -4.42. The van der Waals surface area contributed by atoms with Gasteiger partial charge in [-0.3, -0.25) is 0 Å². The van der Waals surface area contributed by atoms with E-state index in [9.17, 15) is 22.4 Å². The number of hydrogen-bond acceptors (Lipinski definition) is 1. The van der Waals surface area contributed by atoms with Gasteiger partial charge in [-0.15, -0.1) is 0 Å². The van der Waals surface area contributed by atoms with Crippen molar-refractivity contribution >= 4 is 11.7 Å². The molecule has 1 saturated heterocycles. The standard InChI is InChI=1S/C19H18F4N2O/c20-15-7-9-16(10-8-15)24-18(26)25-11-2-1-6-17(25)13-4-3-5-14(12-13)19(21,22)23/h3-5,7-10,12,17H,1-2,6,11H2,(H,24,26). The topological polar surface area (TPSA) is 32.3 Å². The third-order valence-corrected chi connectivity index (χ3v) is 4.46. The lowest BCUT2D eigenvalue weighted by atomic mass is 9.94. The van der Waals surface area contributed by atoms with Crippen molar-refractivity contribution in [3.63, 3.8) is 0 Å². The summed E-state index contributed by atoms with van der Waals surface area (Å²) in [4.78, 5) is 14.2. The average molecular weight is 366 g/mol. The highest BCUT2D eigenvalue weighted by molar-refractivity contribution is 5.89. The quantitative estimate of drug-likeness (QED) is 0.689. The van der Waals surface area contributed by atoms with Crippen LogP contribution in [0.1, 0.15) is 36.4 Å². The highest BCUT2D eigenvalue weighted by Crippen LogP contribution is 2.35. The molecule has 3 nitrogen and oxygen atoms in total. The van der Waals surface area contributed by atoms with Crippen molar-refractivity contribution in [3.8, 4) is 0 Å². The van der Waals surface area contributed by atoms with E-state index in [2.05, 4.69) is 5.32 Å². The number of urea groups is 1. The Morgan fingerprint density at radius 3 is 2.50 bits per heavy atom. The lowest BCUT2D eigenvalue weighted by Crippen LogP contribution is -2.41. The van der Waals surface area contributed by atoms with Gasteiger partial charge in [0, 0.05) is 12.2 Å². The van der Waals surface area contributed by atoms with Gasteiger partial charge < -0.3 is 10.2 Å². The second-order valence-electron chi connectivity index (χ2n) is 6.27. The number of nitrogens with one attached hydrogen (secondary N) is 1. The number of likely N-dealkylation sites (tertiary alicyclic amines) is 1. The zero-order valence-corrected chi connectivity index (χ0v) is 13.9. The summed E-state index contributed by atoms with van der Waals surface area (Å²) in [5.74, 6) is -0.414. The molecule has 2 aromatic rings. The fourth-order valence-corrected chi connectivity index (χ4v) is 3.17. The van der Waals surface area contributed by atoms with E-state index in [1.165, 1.54) is 30.3 Å². The summed E-state index contributed by atoms with van der Waals surface area (Å²) in [6, 6.07) is 9.62. The van der Waals surface area contributed by atoms with Crippen LogP contribution in [0.25, 0.3) is 0 Å². The first-order chi connectivity index (χ1) is 12.3. The molecule has 0 aliphatic carbocycles. The van der Waals surface area contributed by atoms with Gasteiger partial charge in [-0.25, -0.2) is 9.18 Å². The van der Waals surface area contributed by atoms with E-state index in [1.54, 1.807) is 11.0 Å². The molecule has 2 amide bonds. The molecule has 0 radical (unpaired) electrons. The van der Waals surface area contributed by atoms with Crippen molar-refractivity contribution in [1.29, 1.82) is 0 Å². The zero-order valence-electron chi connectivity index (χ0n) is 13.9. The van der Waals surface area contributed by atoms with Crippen molar-refractivity contribution in [1.82, 2.24) is 4.90 Å². The minimum absolute atomic E-state index is 0.404. The van der Waals surface area contributed by atoms with E-state index in [0.29, 0.717) is 24.2 Å². The largest absolute Gasteiger partial charge is 0.416 e. The minimum Gasteiger partial charge on any atom is -0.317 e. The van der Waals surface area contributed by atoms with Gasteiger partial charge >= 0.3 is 12.2 Å². The number of piperidine rings is 1. The molecular weight excluding hydrogens is 348 g/mol. The van der Waals surface area contributed by atoms with Gasteiger partial charge in [-0.2, -0.15) is 13.2 Å². The van der Waals surface area contributed by atoms with Crippen LogP contribution in [-0.2, 0) is 6.18 Å². The van der Waals surface area contributed by atoms with Crippen molar-refractivity contribution in [2.75, 3.05) is 11.9 Å². The molecule has 3 rings (SSSR count). The second kappa shape index (κ2) is 7.35. The van der Waals surface area contributed by atoms with Crippen LogP contribution in [0.2, 0.25) is 0 Å². The Morgan fingerprint density at radius 2 is 1.81 bits per heavy atom. The molecule has 138 valence electrons. The van der Waals surface area contributed by atoms with Gasteiger partial charge in [-0.05, 0) is 61.2 Å². The fraction of sp³-hybridized carbons (Fsp3) is 0.316. The number of nitrogens with zero attached hydrogens (tertiary/aromatic N) is 1. The number of halogens is 4. The van der Waals surface area contributed by atoms with E-state index in [1.807, 2.05) is 0 Å². The Balaban J connectivity index is 1.81. The van der Waals surface area contributed by atoms with Gasteiger partial charge in [0.05, 0.1) is 11.6 Å². The predicted molar refractivity (Wildman–Crippen MR) is 90.2 cm³/mol. The zero-order chi connectivity index (χ0) is 18.7. The Kier molecular flexibility index (Phi) is 5.15. The van der Waals surface area contributed by atoms with Gasteiger partial charge in [-0.1, -0.05) is 12.1 Å². The predicted octanol–water partition coefficient (Wildman–Crippen LogP) is 5.60. The maximum Gasteiger partial charge on any atom is 0.416 e. The van der Waals surface area contributed by atoms with Crippen LogP contribution in [0.5, 0.6) is 0 Å². The van der Waals surface area contributed by atoms with Crippen molar-refractivity contribution in [2.45, 2.75) is 31.5 Å². The molecule has 0 aromatic heterocycles. The number of amides is 2. The van der Waals surface area contributed by atoms with Gasteiger partial charge in [0.15, 0.2) is 0 Å². The number of rotatable bonds is 2. The number of hydrogen-bond donors (Lipinski definition) is 1. The fourth-order valence-electron chi connectivity index (χ4n) is 3.17. The molecule has 1 fully saturated rings. The van der Waals surface area contributed by atoms with Crippen molar-refractivity contribution in [2.24, 2.45) is 0 Å². The van der Waals surface area contributed by atoms with Crippen LogP contribution >= 0.6 is 0 Å². The van der Waals surface area contributed by atoms with E-state index in [4.69, 9.17) is 0 Å². The van der Waals surface area contributed by atoms with E-state index in [0.717, 1.165) is 25.0 Å². The highest BCUT2D eigenvalue weighted by atomic mass is 19.4. The molecule has 1 heterocycles. The molecule has 1 aliphatic rings. The Morgan fingerprint density at radius 1 is 1.08 bits per heavy atom. The number of carbonyl (C=O) groups is 1. The third-order valence-electron chi connectivity index (χ3n) is 4.46. The summed E-state index contributed by atoms with van der Waals surface area (Å²) in [7, 11) is 0. The third kappa shape index (κ3) is 4.15. The lowest BCUT2D eigenvalue weighted by molar-refractivity contribution is -0.137. The molecule has 0 spiro atoms. The van der Waals surface area contributed by atoms with Gasteiger partial charge in [0.2, 0.25) is 0 Å². The van der Waals surface area contributed by atoms with Gasteiger partial charge in [0.1, 0.15) is 5.82 Å². The average Bonchev–Trinajstić information content (AvgIpc) is 2.63. The Bertz CT molecular complexity index is 774. The molecule has 7 heteroatoms. The molecule has 2 aromatic carbocycles. The SMILES string of the molecule is O=C(Nc1ccc(F)cc1)N1CCCCC1c1cccc(C(F)(F)F)c1. The number of carbonyl (C=O) groups excluding carboxylic acids is 1. The first-order valence-electron chi connectivity index (χ1n) is 8.35. The summed E-state index contributed by atoms with van der Waals surface area (Å²) in [5, 5.41) is 2.68. The van der Waals surface area contributed by atoms with Gasteiger partial charge in [0.25, 0.3) is 0 Å². The van der Waals surface area contributed by atoms with Crippen LogP contribution in [0.15, 0.2) is 48.5 Å². The summed E-state index contributed by atoms with van der Waals surface area (Å²) in [5.41, 5.74) is 0.179. The summed E-state index contributed by atoms with van der Waals surface area (Å²) in [6.07, 6.45) is -2.21. The molecule has 1 aliphatic heterocycles. The number of benzene rings is 2. The maximum absolute atomic E-state index is 13.0. The molecule has 26 heavy (non-hydrogen) atoms. The Hall–Kier alpha value is -2.57. The smallest absolute Gasteiger partial charge is 0.317 e. The summed E-state index contributed by atoms with van der Waals surface area (Å²) < 4.78 is 51.9. The molecule has 1 N–H and O–H groups in total. The first-order valence-corrected chi connectivity index (χ1v) is 8.35. The van der Waals surface area contributed by atoms with Crippen molar-refractivity contribution < 1.29 is 22.4 Å². The maximum atomic E-state index is 13.0. The van der Waals surface area contributed by atoms with E-state index >= 15 is 0 Å². The first kappa shape index (κ1) is 18.2. The second-order valence-corrected chi connectivity index (χ2v) is 6.27. The highest BCUT2D eigenvalue weighted by Gasteiger charge is 2.33. The van der Waals surface area contributed by atoms with Crippen LogP contribution in [0.3, 0.4) is 0 Å². The molecule has 1 unspecified atom stereocenters.